The number of likely N-dealkylation sites (N-methyl/N-ethyl adjacent to an activating group) is 1. The van der Waals surface area contributed by atoms with E-state index in [4.69, 9.17) is 5.73 Å². The molecule has 5 amide bonds. The van der Waals surface area contributed by atoms with E-state index < -0.39 is 47.2 Å². The van der Waals surface area contributed by atoms with Crippen molar-refractivity contribution >= 4 is 41.5 Å². The molecule has 0 bridgehead atoms. The summed E-state index contributed by atoms with van der Waals surface area (Å²) in [5.74, 6) is -2.47. The van der Waals surface area contributed by atoms with Gasteiger partial charge in [0.15, 0.2) is 0 Å². The summed E-state index contributed by atoms with van der Waals surface area (Å²) in [6.07, 6.45) is 6.30. The van der Waals surface area contributed by atoms with Crippen LogP contribution in [0.15, 0.2) is 0 Å². The number of nitrogens with one attached hydrogen (secondary N) is 3. The lowest BCUT2D eigenvalue weighted by molar-refractivity contribution is -0.143. The number of primary amides is 1. The monoisotopic (exact) mass is 582 g/mol. The molecule has 0 radical (unpaired) electrons. The molecule has 40 heavy (non-hydrogen) atoms. The average Bonchev–Trinajstić information content (AvgIpc) is 3.31. The van der Waals surface area contributed by atoms with Crippen molar-refractivity contribution in [2.45, 2.75) is 104 Å². The number of rotatable bonds is 12. The van der Waals surface area contributed by atoms with Gasteiger partial charge in [0.1, 0.15) is 12.1 Å². The first kappa shape index (κ1) is 33.9. The standard InChI is InChI=1S/C28H50N6O5S/c1-27(2,3)20(16-33(7)40-8)31-26(39)32-22(28(4,5)6)25(38)34-14-10-13-19(34)24(37)30-18(21(35)23(29)36)15-17-11-9-12-17/h17-20,22H,9-16H2,1-8H3,(H2,29,36)(H,30,37)(H2,31,32,39). The van der Waals surface area contributed by atoms with E-state index in [-0.39, 0.29) is 23.3 Å². The second-order valence-corrected chi connectivity index (χ2v) is 14.3. The van der Waals surface area contributed by atoms with Crippen LogP contribution < -0.4 is 21.7 Å². The lowest BCUT2D eigenvalue weighted by Crippen LogP contribution is -2.61. The van der Waals surface area contributed by atoms with E-state index in [9.17, 15) is 24.0 Å². The fourth-order valence-electron chi connectivity index (χ4n) is 5.05. The van der Waals surface area contributed by atoms with E-state index in [0.717, 1.165) is 19.3 Å². The van der Waals surface area contributed by atoms with Gasteiger partial charge in [0, 0.05) is 19.1 Å². The fourth-order valence-corrected chi connectivity index (χ4v) is 5.35. The first-order chi connectivity index (χ1) is 18.4. The summed E-state index contributed by atoms with van der Waals surface area (Å²) in [4.78, 5) is 66.0. The molecule has 1 heterocycles. The minimum absolute atomic E-state index is 0.179. The summed E-state index contributed by atoms with van der Waals surface area (Å²) < 4.78 is 2.04. The van der Waals surface area contributed by atoms with E-state index in [1.807, 2.05) is 59.2 Å². The minimum atomic E-state index is -1.08. The third kappa shape index (κ3) is 9.36. The molecule has 228 valence electrons. The molecule has 4 atom stereocenters. The van der Waals surface area contributed by atoms with Crippen molar-refractivity contribution in [1.82, 2.24) is 25.2 Å². The summed E-state index contributed by atoms with van der Waals surface area (Å²) in [5.41, 5.74) is 4.39. The Morgan fingerprint density at radius 1 is 0.950 bits per heavy atom. The van der Waals surface area contributed by atoms with Crippen molar-refractivity contribution in [3.8, 4) is 0 Å². The molecular weight excluding hydrogens is 532 g/mol. The van der Waals surface area contributed by atoms with E-state index in [0.29, 0.717) is 32.4 Å². The highest BCUT2D eigenvalue weighted by atomic mass is 32.2. The molecular formula is C28H50N6O5S. The van der Waals surface area contributed by atoms with Gasteiger partial charge >= 0.3 is 6.03 Å². The number of likely N-dealkylation sites (tertiary alicyclic amines) is 1. The normalized spacial score (nSPS) is 20.3. The highest BCUT2D eigenvalue weighted by Gasteiger charge is 2.43. The molecule has 1 aliphatic heterocycles. The predicted molar refractivity (Wildman–Crippen MR) is 157 cm³/mol. The molecule has 0 aromatic rings. The number of nitrogens with zero attached hydrogens (tertiary/aromatic N) is 2. The maximum Gasteiger partial charge on any atom is 0.315 e. The average molecular weight is 583 g/mol. The second-order valence-electron chi connectivity index (χ2n) is 13.3. The number of hydrogen-bond donors (Lipinski definition) is 4. The molecule has 2 aliphatic rings. The van der Waals surface area contributed by atoms with Crippen LogP contribution in [0.4, 0.5) is 4.79 Å². The Hall–Kier alpha value is -2.34. The molecule has 0 spiro atoms. The van der Waals surface area contributed by atoms with Crippen molar-refractivity contribution in [3.05, 3.63) is 0 Å². The van der Waals surface area contributed by atoms with Crippen LogP contribution in [0, 0.1) is 16.7 Å². The number of amides is 5. The number of carbonyl (C=O) groups excluding carboxylic acids is 5. The molecule has 0 aromatic carbocycles. The summed E-state index contributed by atoms with van der Waals surface area (Å²) >= 11 is 1.57. The largest absolute Gasteiger partial charge is 0.363 e. The number of nitrogens with two attached hydrogens (primary N) is 1. The Kier molecular flexibility index (Phi) is 11.9. The van der Waals surface area contributed by atoms with Crippen LogP contribution in [0.5, 0.6) is 0 Å². The van der Waals surface area contributed by atoms with E-state index in [1.165, 1.54) is 4.90 Å². The number of Topliss-reactive ketones (excluding diaryl/α,β-unsaturated/α-hetero) is 1. The quantitative estimate of drug-likeness (QED) is 0.203. The summed E-state index contributed by atoms with van der Waals surface area (Å²) in [5, 5.41) is 8.65. The number of urea groups is 1. The first-order valence-electron chi connectivity index (χ1n) is 14.2. The van der Waals surface area contributed by atoms with Gasteiger partial charge in [-0.05, 0) is 49.3 Å². The van der Waals surface area contributed by atoms with Crippen molar-refractivity contribution in [1.29, 1.82) is 0 Å². The molecule has 2 rings (SSSR count). The van der Waals surface area contributed by atoms with Gasteiger partial charge in [0.25, 0.3) is 5.91 Å². The maximum atomic E-state index is 13.9. The van der Waals surface area contributed by atoms with Crippen molar-refractivity contribution < 1.29 is 24.0 Å². The topological polar surface area (TPSA) is 154 Å². The highest BCUT2D eigenvalue weighted by molar-refractivity contribution is 7.96. The molecule has 2 fully saturated rings. The Labute approximate surface area is 243 Å². The number of carbonyl (C=O) groups is 5. The van der Waals surface area contributed by atoms with Crippen LogP contribution in [0.1, 0.15) is 80.1 Å². The molecule has 0 aromatic heterocycles. The molecule has 1 saturated carbocycles. The number of hydrogen-bond acceptors (Lipinski definition) is 7. The van der Waals surface area contributed by atoms with Crippen molar-refractivity contribution in [2.75, 3.05) is 26.4 Å². The summed E-state index contributed by atoms with van der Waals surface area (Å²) in [6, 6.07) is -3.32. The van der Waals surface area contributed by atoms with Gasteiger partial charge in [-0.25, -0.2) is 4.79 Å². The van der Waals surface area contributed by atoms with Crippen LogP contribution in [-0.2, 0) is 19.2 Å². The molecule has 5 N–H and O–H groups in total. The van der Waals surface area contributed by atoms with Crippen molar-refractivity contribution in [2.24, 2.45) is 22.5 Å². The van der Waals surface area contributed by atoms with E-state index in [1.54, 1.807) is 11.9 Å². The van der Waals surface area contributed by atoms with Gasteiger partial charge in [-0.15, -0.1) is 0 Å². The Morgan fingerprint density at radius 2 is 1.57 bits per heavy atom. The molecule has 4 unspecified atom stereocenters. The summed E-state index contributed by atoms with van der Waals surface area (Å²) in [7, 11) is 1.96. The third-order valence-corrected chi connectivity index (χ3v) is 8.77. The SMILES string of the molecule is CSN(C)CC(NC(=O)NC(C(=O)N1CCCC1C(=O)NC(CC1CCC1)C(=O)C(N)=O)C(C)(C)C)C(C)(C)C. The Balaban J connectivity index is 2.17. The van der Waals surface area contributed by atoms with Gasteiger partial charge in [-0.1, -0.05) is 72.8 Å². The van der Waals surface area contributed by atoms with Crippen LogP contribution >= 0.6 is 11.9 Å². The lowest BCUT2D eigenvalue weighted by atomic mass is 9.80. The predicted octanol–water partition coefficient (Wildman–Crippen LogP) is 2.05. The smallest absolute Gasteiger partial charge is 0.315 e. The Bertz CT molecular complexity index is 942. The molecule has 11 nitrogen and oxygen atoms in total. The lowest BCUT2D eigenvalue weighted by Gasteiger charge is -2.38. The first-order valence-corrected chi connectivity index (χ1v) is 15.4. The third-order valence-electron chi connectivity index (χ3n) is 8.00. The van der Waals surface area contributed by atoms with Crippen LogP contribution in [0.2, 0.25) is 0 Å². The van der Waals surface area contributed by atoms with Gasteiger partial charge in [-0.3, -0.25) is 23.5 Å². The van der Waals surface area contributed by atoms with E-state index >= 15 is 0 Å². The fraction of sp³-hybridized carbons (Fsp3) is 0.821. The minimum Gasteiger partial charge on any atom is -0.363 e. The van der Waals surface area contributed by atoms with Gasteiger partial charge in [-0.2, -0.15) is 0 Å². The Morgan fingerprint density at radius 3 is 2.05 bits per heavy atom. The highest BCUT2D eigenvalue weighted by Crippen LogP contribution is 2.31. The van der Waals surface area contributed by atoms with Gasteiger partial charge in [0.2, 0.25) is 17.6 Å². The molecule has 1 aliphatic carbocycles. The van der Waals surface area contributed by atoms with Crippen LogP contribution in [0.25, 0.3) is 0 Å². The molecule has 12 heteroatoms. The van der Waals surface area contributed by atoms with Crippen LogP contribution in [-0.4, -0.2) is 89.3 Å². The van der Waals surface area contributed by atoms with Crippen molar-refractivity contribution in [3.63, 3.8) is 0 Å². The van der Waals surface area contributed by atoms with Gasteiger partial charge < -0.3 is 26.6 Å². The zero-order valence-electron chi connectivity index (χ0n) is 25.5. The summed E-state index contributed by atoms with van der Waals surface area (Å²) in [6.45, 7) is 12.7. The zero-order valence-corrected chi connectivity index (χ0v) is 26.3. The molecule has 1 saturated heterocycles. The van der Waals surface area contributed by atoms with Gasteiger partial charge in [0.05, 0.1) is 6.04 Å². The van der Waals surface area contributed by atoms with Crippen LogP contribution in [0.3, 0.4) is 0 Å². The number of ketones is 1. The zero-order chi connectivity index (χ0) is 30.4. The van der Waals surface area contributed by atoms with E-state index in [2.05, 4.69) is 16.0 Å². The second kappa shape index (κ2) is 14.0. The maximum absolute atomic E-state index is 13.9.